The van der Waals surface area contributed by atoms with Gasteiger partial charge >= 0.3 is 6.18 Å². The van der Waals surface area contributed by atoms with Crippen molar-refractivity contribution < 1.29 is 22.8 Å². The summed E-state index contributed by atoms with van der Waals surface area (Å²) in [7, 11) is 0. The second-order valence-electron chi connectivity index (χ2n) is 7.69. The van der Waals surface area contributed by atoms with E-state index < -0.39 is 17.6 Å². The lowest BCUT2D eigenvalue weighted by molar-refractivity contribution is -0.137. The summed E-state index contributed by atoms with van der Waals surface area (Å²) in [5.41, 5.74) is 5.66. The molecule has 0 atom stereocenters. The van der Waals surface area contributed by atoms with E-state index in [0.717, 1.165) is 16.3 Å². The lowest BCUT2D eigenvalue weighted by Gasteiger charge is -2.34. The van der Waals surface area contributed by atoms with Gasteiger partial charge in [0.15, 0.2) is 5.69 Å². The second kappa shape index (κ2) is 9.02. The Hall–Kier alpha value is -3.73. The normalized spacial score (nSPS) is 14.9. The monoisotopic (exact) mass is 458 g/mol. The van der Waals surface area contributed by atoms with Crippen molar-refractivity contribution in [2.24, 2.45) is 5.73 Å². The van der Waals surface area contributed by atoms with Crippen LogP contribution in [-0.2, 0) is 12.7 Å². The van der Waals surface area contributed by atoms with E-state index in [9.17, 15) is 22.8 Å². The van der Waals surface area contributed by atoms with Crippen molar-refractivity contribution in [1.29, 1.82) is 0 Å². The summed E-state index contributed by atoms with van der Waals surface area (Å²) in [4.78, 5) is 27.8. The highest BCUT2D eigenvalue weighted by atomic mass is 19.4. The zero-order valence-electron chi connectivity index (χ0n) is 17.5. The average molecular weight is 458 g/mol. The first-order valence-corrected chi connectivity index (χ1v) is 10.2. The fourth-order valence-electron chi connectivity index (χ4n) is 3.70. The van der Waals surface area contributed by atoms with Crippen LogP contribution in [0.15, 0.2) is 54.7 Å². The molecule has 2 aromatic carbocycles. The molecule has 2 amide bonds. The molecular formula is C22H21F3N6O2. The molecule has 1 aliphatic rings. The Morgan fingerprint density at radius 2 is 1.64 bits per heavy atom. The largest absolute Gasteiger partial charge is 0.418 e. The topological polar surface area (TPSA) is 97.4 Å². The Kier molecular flexibility index (Phi) is 6.14. The van der Waals surface area contributed by atoms with E-state index in [1.54, 1.807) is 17.0 Å². The number of nitrogens with two attached hydrogens (primary N) is 1. The number of hydrogen-bond donors (Lipinski definition) is 1. The van der Waals surface area contributed by atoms with Gasteiger partial charge < -0.3 is 10.6 Å². The number of halogens is 3. The molecule has 33 heavy (non-hydrogen) atoms. The molecule has 0 unspecified atom stereocenters. The van der Waals surface area contributed by atoms with Crippen LogP contribution in [0.3, 0.4) is 0 Å². The minimum absolute atomic E-state index is 0.0116. The van der Waals surface area contributed by atoms with Crippen LogP contribution in [0.5, 0.6) is 0 Å². The predicted molar refractivity (Wildman–Crippen MR) is 113 cm³/mol. The lowest BCUT2D eigenvalue weighted by atomic mass is 10.1. The van der Waals surface area contributed by atoms with Crippen LogP contribution >= 0.6 is 0 Å². The molecule has 3 aromatic rings. The molecule has 1 saturated heterocycles. The van der Waals surface area contributed by atoms with Crippen molar-refractivity contribution in [2.45, 2.75) is 12.7 Å². The lowest BCUT2D eigenvalue weighted by Crippen LogP contribution is -2.48. The predicted octanol–water partition coefficient (Wildman–Crippen LogP) is 2.34. The maximum Gasteiger partial charge on any atom is 0.418 e. The summed E-state index contributed by atoms with van der Waals surface area (Å²) in [6.45, 7) is 2.79. The zero-order chi connectivity index (χ0) is 23.6. The molecule has 1 fully saturated rings. The summed E-state index contributed by atoms with van der Waals surface area (Å²) in [5.74, 6) is -0.858. The smallest absolute Gasteiger partial charge is 0.366 e. The number of aromatic nitrogens is 3. The standard InChI is InChI=1S/C22H21F3N6O2/c23-22(24,25)17-3-1-2-4-19(17)31-14-18(27-28-31)21(33)30-11-9-29(10-12-30)13-15-5-7-16(8-6-15)20(26)32/h1-8,14H,9-13H2,(H2,26,32). The Labute approximate surface area is 187 Å². The Balaban J connectivity index is 1.38. The molecule has 0 bridgehead atoms. The third kappa shape index (κ3) is 5.03. The minimum atomic E-state index is -4.55. The molecule has 0 aliphatic carbocycles. The number of carbonyl (C=O) groups is 2. The van der Waals surface area contributed by atoms with Gasteiger partial charge in [0.2, 0.25) is 5.91 Å². The highest BCUT2D eigenvalue weighted by molar-refractivity contribution is 5.93. The highest BCUT2D eigenvalue weighted by Gasteiger charge is 2.34. The quantitative estimate of drug-likeness (QED) is 0.633. The van der Waals surface area contributed by atoms with Crippen LogP contribution in [0, 0.1) is 0 Å². The van der Waals surface area contributed by atoms with Crippen molar-refractivity contribution in [3.8, 4) is 5.69 Å². The van der Waals surface area contributed by atoms with E-state index in [4.69, 9.17) is 5.73 Å². The second-order valence-corrected chi connectivity index (χ2v) is 7.69. The van der Waals surface area contributed by atoms with E-state index in [2.05, 4.69) is 15.2 Å². The van der Waals surface area contributed by atoms with E-state index in [-0.39, 0.29) is 17.3 Å². The molecule has 2 heterocycles. The number of para-hydroxylation sites is 1. The van der Waals surface area contributed by atoms with E-state index in [0.29, 0.717) is 38.3 Å². The number of primary amides is 1. The maximum atomic E-state index is 13.3. The molecule has 4 rings (SSSR count). The van der Waals surface area contributed by atoms with Gasteiger partial charge in [0.25, 0.3) is 5.91 Å². The summed E-state index contributed by atoms with van der Waals surface area (Å²) in [6, 6.07) is 12.0. The van der Waals surface area contributed by atoms with Gasteiger partial charge in [0.05, 0.1) is 17.4 Å². The van der Waals surface area contributed by atoms with Gasteiger partial charge in [-0.2, -0.15) is 13.2 Å². The number of alkyl halides is 3. The number of nitrogens with zero attached hydrogens (tertiary/aromatic N) is 5. The van der Waals surface area contributed by atoms with Crippen LogP contribution in [0.1, 0.15) is 32.0 Å². The van der Waals surface area contributed by atoms with Crippen LogP contribution in [0.25, 0.3) is 5.69 Å². The summed E-state index contributed by atoms with van der Waals surface area (Å²) in [6.07, 6.45) is -3.33. The molecule has 1 aliphatic heterocycles. The first kappa shape index (κ1) is 22.5. The average Bonchev–Trinajstić information content (AvgIpc) is 3.29. The van der Waals surface area contributed by atoms with Crippen LogP contribution in [0.2, 0.25) is 0 Å². The number of benzene rings is 2. The SMILES string of the molecule is NC(=O)c1ccc(CN2CCN(C(=O)c3cn(-c4ccccc4C(F)(F)F)nn3)CC2)cc1. The van der Waals surface area contributed by atoms with Gasteiger partial charge in [-0.25, -0.2) is 4.68 Å². The van der Waals surface area contributed by atoms with Gasteiger partial charge in [-0.1, -0.05) is 29.5 Å². The first-order valence-electron chi connectivity index (χ1n) is 10.2. The fourth-order valence-corrected chi connectivity index (χ4v) is 3.70. The van der Waals surface area contributed by atoms with Crippen LogP contribution < -0.4 is 5.73 Å². The molecule has 0 radical (unpaired) electrons. The van der Waals surface area contributed by atoms with Gasteiger partial charge in [0, 0.05) is 38.3 Å². The number of piperazine rings is 1. The number of hydrogen-bond acceptors (Lipinski definition) is 5. The Morgan fingerprint density at radius 3 is 2.27 bits per heavy atom. The van der Waals surface area contributed by atoms with E-state index in [1.165, 1.54) is 24.4 Å². The molecular weight excluding hydrogens is 437 g/mol. The molecule has 11 heteroatoms. The van der Waals surface area contributed by atoms with Crippen molar-refractivity contribution in [3.05, 3.63) is 77.1 Å². The summed E-state index contributed by atoms with van der Waals surface area (Å²) in [5, 5.41) is 7.55. The zero-order valence-corrected chi connectivity index (χ0v) is 17.5. The van der Waals surface area contributed by atoms with Gasteiger partial charge in [-0.3, -0.25) is 14.5 Å². The van der Waals surface area contributed by atoms with Crippen molar-refractivity contribution >= 4 is 11.8 Å². The van der Waals surface area contributed by atoms with Crippen LogP contribution in [0.4, 0.5) is 13.2 Å². The van der Waals surface area contributed by atoms with Gasteiger partial charge in [-0.05, 0) is 29.8 Å². The third-order valence-corrected chi connectivity index (χ3v) is 5.47. The molecule has 0 saturated carbocycles. The summed E-state index contributed by atoms with van der Waals surface area (Å²) < 4.78 is 40.8. The molecule has 8 nitrogen and oxygen atoms in total. The first-order chi connectivity index (χ1) is 15.7. The maximum absolute atomic E-state index is 13.3. The highest BCUT2D eigenvalue weighted by Crippen LogP contribution is 2.33. The molecule has 1 aromatic heterocycles. The van der Waals surface area contributed by atoms with Crippen LogP contribution in [-0.4, -0.2) is 62.8 Å². The molecule has 2 N–H and O–H groups in total. The number of rotatable bonds is 5. The Bertz CT molecular complexity index is 1150. The van der Waals surface area contributed by atoms with Crippen molar-refractivity contribution in [3.63, 3.8) is 0 Å². The van der Waals surface area contributed by atoms with Crippen molar-refractivity contribution in [2.75, 3.05) is 26.2 Å². The molecule has 172 valence electrons. The van der Waals surface area contributed by atoms with Gasteiger partial charge in [-0.15, -0.1) is 5.10 Å². The summed E-state index contributed by atoms with van der Waals surface area (Å²) >= 11 is 0. The third-order valence-electron chi connectivity index (χ3n) is 5.47. The number of amides is 2. The Morgan fingerprint density at radius 1 is 0.970 bits per heavy atom. The van der Waals surface area contributed by atoms with E-state index >= 15 is 0 Å². The van der Waals surface area contributed by atoms with Crippen molar-refractivity contribution in [1.82, 2.24) is 24.8 Å². The van der Waals surface area contributed by atoms with E-state index in [1.807, 2.05) is 12.1 Å². The molecule has 0 spiro atoms. The minimum Gasteiger partial charge on any atom is -0.366 e. The van der Waals surface area contributed by atoms with Gasteiger partial charge in [0.1, 0.15) is 0 Å². The fraction of sp³-hybridized carbons (Fsp3) is 0.273. The number of carbonyl (C=O) groups excluding carboxylic acids is 2.